The van der Waals surface area contributed by atoms with Gasteiger partial charge in [-0.2, -0.15) is 0 Å². The van der Waals surface area contributed by atoms with Gasteiger partial charge in [0.2, 0.25) is 17.7 Å². The number of carbonyl (C=O) groups is 3. The number of ether oxygens (including phenoxy) is 1. The molecule has 0 saturated heterocycles. The second kappa shape index (κ2) is 15.3. The molecular weight excluding hydrogens is 541 g/mol. The Morgan fingerprint density at radius 3 is 2.21 bits per heavy atom. The second-order valence-corrected chi connectivity index (χ2v) is 8.94. The van der Waals surface area contributed by atoms with Crippen LogP contribution in [0.3, 0.4) is 0 Å². The fourth-order valence-corrected chi connectivity index (χ4v) is 3.82. The van der Waals surface area contributed by atoms with E-state index in [0.29, 0.717) is 6.42 Å². The molecule has 0 aliphatic heterocycles. The van der Waals surface area contributed by atoms with E-state index in [1.807, 2.05) is 30.3 Å². The highest BCUT2D eigenvalue weighted by molar-refractivity contribution is 6.32. The Morgan fingerprint density at radius 2 is 1.64 bits per heavy atom. The van der Waals surface area contributed by atoms with Gasteiger partial charge in [-0.25, -0.2) is 0 Å². The lowest BCUT2D eigenvalue weighted by Gasteiger charge is -2.24. The molecule has 0 bridgehead atoms. The minimum Gasteiger partial charge on any atom is -0.404 e. The number of nitrogens with two attached hydrogens (primary N) is 3. The van der Waals surface area contributed by atoms with Crippen molar-refractivity contribution >= 4 is 35.0 Å². The lowest BCUT2D eigenvalue weighted by Crippen LogP contribution is -2.52. The number of alkyl halides is 3. The van der Waals surface area contributed by atoms with Gasteiger partial charge < -0.3 is 37.5 Å². The molecule has 0 aliphatic rings. The fraction of sp³-hybridized carbons (Fsp3) is 0.400. The molecule has 3 amide bonds. The first kappa shape index (κ1) is 31.8. The Labute approximate surface area is 229 Å². The van der Waals surface area contributed by atoms with Gasteiger partial charge >= 0.3 is 6.36 Å². The number of nitrogens with zero attached hydrogens (tertiary/aromatic N) is 1. The summed E-state index contributed by atoms with van der Waals surface area (Å²) in [4.78, 5) is 39.9. The monoisotopic (exact) mass is 572 g/mol. The van der Waals surface area contributed by atoms with Crippen molar-refractivity contribution in [3.05, 3.63) is 59.1 Å². The molecule has 2 atom stereocenters. The maximum Gasteiger partial charge on any atom is 0.573 e. The van der Waals surface area contributed by atoms with Crippen molar-refractivity contribution in [2.75, 3.05) is 31.5 Å². The predicted molar refractivity (Wildman–Crippen MR) is 141 cm³/mol. The molecule has 14 heteroatoms. The predicted octanol–water partition coefficient (Wildman–Crippen LogP) is 1.76. The van der Waals surface area contributed by atoms with E-state index in [1.54, 1.807) is 0 Å². The van der Waals surface area contributed by atoms with E-state index in [1.165, 1.54) is 11.0 Å². The van der Waals surface area contributed by atoms with Crippen molar-refractivity contribution in [1.82, 2.24) is 10.2 Å². The molecule has 10 nitrogen and oxygen atoms in total. The molecule has 0 spiro atoms. The average Bonchev–Trinajstić information content (AvgIpc) is 2.87. The van der Waals surface area contributed by atoms with Crippen molar-refractivity contribution in [3.8, 4) is 5.75 Å². The number of aryl methyl sites for hydroxylation is 1. The summed E-state index contributed by atoms with van der Waals surface area (Å²) in [6, 6.07) is 10.1. The zero-order chi connectivity index (χ0) is 29.0. The summed E-state index contributed by atoms with van der Waals surface area (Å²) in [5, 5.41) is 4.72. The van der Waals surface area contributed by atoms with Gasteiger partial charge in [-0.3, -0.25) is 14.4 Å². The minimum atomic E-state index is -4.94. The summed E-state index contributed by atoms with van der Waals surface area (Å²) in [5.41, 5.74) is 18.0. The molecule has 39 heavy (non-hydrogen) atoms. The summed E-state index contributed by atoms with van der Waals surface area (Å²) < 4.78 is 41.4. The van der Waals surface area contributed by atoms with E-state index in [4.69, 9.17) is 28.8 Å². The van der Waals surface area contributed by atoms with Crippen LogP contribution >= 0.6 is 11.6 Å². The van der Waals surface area contributed by atoms with E-state index >= 15 is 0 Å². The number of rotatable bonds is 14. The SMILES string of the molecule is NCCN(CCN)C(=O)C[C@H](N)C(=O)N[C@@H](CCc1ccccc1)C(=O)Nc1ccc(OC(F)(F)F)c(Cl)c1. The number of benzene rings is 2. The zero-order valence-corrected chi connectivity index (χ0v) is 21.8. The van der Waals surface area contributed by atoms with Gasteiger partial charge in [0.1, 0.15) is 11.8 Å². The normalized spacial score (nSPS) is 12.8. The topological polar surface area (TPSA) is 166 Å². The maximum absolute atomic E-state index is 13.1. The van der Waals surface area contributed by atoms with Crippen molar-refractivity contribution in [2.24, 2.45) is 17.2 Å². The van der Waals surface area contributed by atoms with Crippen LogP contribution in [0.25, 0.3) is 0 Å². The molecule has 0 aliphatic carbocycles. The van der Waals surface area contributed by atoms with Crippen molar-refractivity contribution in [2.45, 2.75) is 37.7 Å². The number of hydrogen-bond acceptors (Lipinski definition) is 7. The molecule has 8 N–H and O–H groups in total. The third kappa shape index (κ3) is 11.1. The van der Waals surface area contributed by atoms with Gasteiger partial charge in [0.25, 0.3) is 0 Å². The number of carbonyl (C=O) groups excluding carboxylic acids is 3. The van der Waals surface area contributed by atoms with Gasteiger partial charge in [-0.05, 0) is 36.6 Å². The largest absolute Gasteiger partial charge is 0.573 e. The molecule has 2 rings (SSSR count). The first-order valence-corrected chi connectivity index (χ1v) is 12.4. The van der Waals surface area contributed by atoms with Gasteiger partial charge in [0.05, 0.1) is 17.5 Å². The minimum absolute atomic E-state index is 0.0807. The summed E-state index contributed by atoms with van der Waals surface area (Å²) in [7, 11) is 0. The van der Waals surface area contributed by atoms with Crippen LogP contribution < -0.4 is 32.6 Å². The highest BCUT2D eigenvalue weighted by Gasteiger charge is 2.32. The highest BCUT2D eigenvalue weighted by Crippen LogP contribution is 2.32. The molecule has 0 radical (unpaired) electrons. The number of halogens is 4. The van der Waals surface area contributed by atoms with E-state index in [9.17, 15) is 27.6 Å². The molecule has 0 unspecified atom stereocenters. The van der Waals surface area contributed by atoms with Crippen LogP contribution in [0, 0.1) is 0 Å². The molecule has 0 fully saturated rings. The van der Waals surface area contributed by atoms with E-state index in [0.717, 1.165) is 17.7 Å². The van der Waals surface area contributed by atoms with Crippen molar-refractivity contribution in [1.29, 1.82) is 0 Å². The van der Waals surface area contributed by atoms with Crippen molar-refractivity contribution in [3.63, 3.8) is 0 Å². The van der Waals surface area contributed by atoms with Gasteiger partial charge in [0.15, 0.2) is 0 Å². The molecule has 0 heterocycles. The average molecular weight is 573 g/mol. The van der Waals surface area contributed by atoms with Crippen LogP contribution in [0.4, 0.5) is 18.9 Å². The number of nitrogens with one attached hydrogen (secondary N) is 2. The summed E-state index contributed by atoms with van der Waals surface area (Å²) >= 11 is 5.87. The quantitative estimate of drug-likeness (QED) is 0.230. The Hall–Kier alpha value is -3.39. The Morgan fingerprint density at radius 1 is 1.00 bits per heavy atom. The molecule has 2 aromatic carbocycles. The van der Waals surface area contributed by atoms with Crippen LogP contribution in [0.15, 0.2) is 48.5 Å². The third-order valence-corrected chi connectivity index (χ3v) is 5.80. The second-order valence-electron chi connectivity index (χ2n) is 8.54. The van der Waals surface area contributed by atoms with Crippen LogP contribution in [0.2, 0.25) is 5.02 Å². The third-order valence-electron chi connectivity index (χ3n) is 5.50. The van der Waals surface area contributed by atoms with E-state index in [-0.39, 0.29) is 49.7 Å². The Balaban J connectivity index is 2.13. The molecule has 2 aromatic rings. The van der Waals surface area contributed by atoms with Crippen LogP contribution in [-0.4, -0.2) is 67.2 Å². The van der Waals surface area contributed by atoms with Crippen molar-refractivity contribution < 1.29 is 32.3 Å². The maximum atomic E-state index is 13.1. The highest BCUT2D eigenvalue weighted by atomic mass is 35.5. The lowest BCUT2D eigenvalue weighted by molar-refractivity contribution is -0.274. The standard InChI is InChI=1S/C25H32ClF3N6O4/c26-18-14-17(7-9-21(18)39-25(27,28)29)33-24(38)20(8-6-16-4-2-1-3-5-16)34-23(37)19(32)15-22(36)35(12-10-30)13-11-31/h1-5,7,9,14,19-20H,6,8,10-13,15,30-32H2,(H,33,38)(H,34,37)/t19-,20-/m0/s1. The number of hydrogen-bond donors (Lipinski definition) is 5. The first-order valence-electron chi connectivity index (χ1n) is 12.1. The van der Waals surface area contributed by atoms with E-state index in [2.05, 4.69) is 15.4 Å². The van der Waals surface area contributed by atoms with Crippen LogP contribution in [0.5, 0.6) is 5.75 Å². The number of amides is 3. The Bertz CT molecular complexity index is 1100. The summed E-state index contributed by atoms with van der Waals surface area (Å²) in [5.74, 6) is -2.44. The van der Waals surface area contributed by atoms with Crippen LogP contribution in [-0.2, 0) is 20.8 Å². The number of anilines is 1. The summed E-state index contributed by atoms with van der Waals surface area (Å²) in [6.45, 7) is 0.925. The Kier molecular flexibility index (Phi) is 12.5. The zero-order valence-electron chi connectivity index (χ0n) is 21.0. The first-order chi connectivity index (χ1) is 18.4. The van der Waals surface area contributed by atoms with Gasteiger partial charge in [0, 0.05) is 31.9 Å². The smallest absolute Gasteiger partial charge is 0.404 e. The van der Waals surface area contributed by atoms with Crippen LogP contribution in [0.1, 0.15) is 18.4 Å². The molecule has 0 aromatic heterocycles. The summed E-state index contributed by atoms with van der Waals surface area (Å²) in [6.07, 6.45) is -4.69. The van der Waals surface area contributed by atoms with Gasteiger partial charge in [-0.1, -0.05) is 41.9 Å². The molecule has 0 saturated carbocycles. The fourth-order valence-electron chi connectivity index (χ4n) is 3.60. The van der Waals surface area contributed by atoms with E-state index < -0.39 is 41.9 Å². The lowest BCUT2D eigenvalue weighted by atomic mass is 10.0. The molecule has 214 valence electrons. The molecular formula is C25H32ClF3N6O4. The van der Waals surface area contributed by atoms with Gasteiger partial charge in [-0.15, -0.1) is 13.2 Å².